The molecule has 2 aromatic carbocycles. The number of anilines is 2. The van der Waals surface area contributed by atoms with Crippen molar-refractivity contribution in [2.24, 2.45) is 0 Å². The van der Waals surface area contributed by atoms with E-state index < -0.39 is 10.0 Å². The van der Waals surface area contributed by atoms with Gasteiger partial charge in [-0.2, -0.15) is 4.31 Å². The summed E-state index contributed by atoms with van der Waals surface area (Å²) >= 11 is 7.85. The molecule has 10 heteroatoms. The van der Waals surface area contributed by atoms with Crippen LogP contribution >= 0.6 is 22.9 Å². The molecule has 1 fully saturated rings. The number of aromatic nitrogens is 1. The number of rotatable bonds is 8. The fraction of sp³-hybridized carbons (Fsp3) is 0.385. The normalized spacial score (nSPS) is 15.1. The van der Waals surface area contributed by atoms with Crippen molar-refractivity contribution in [3.05, 3.63) is 57.9 Å². The van der Waals surface area contributed by atoms with Crippen LogP contribution < -0.4 is 10.2 Å². The van der Waals surface area contributed by atoms with Gasteiger partial charge in [0.1, 0.15) is 0 Å². The highest BCUT2D eigenvalue weighted by molar-refractivity contribution is 7.89. The van der Waals surface area contributed by atoms with Crippen molar-refractivity contribution in [3.8, 4) is 11.3 Å². The minimum absolute atomic E-state index is 0.129. The molecule has 0 aliphatic carbocycles. The largest absolute Gasteiger partial charge is 0.372 e. The Bertz CT molecular complexity index is 1310. The van der Waals surface area contributed by atoms with E-state index in [0.29, 0.717) is 31.6 Å². The summed E-state index contributed by atoms with van der Waals surface area (Å²) in [4.78, 5) is 18.6. The van der Waals surface area contributed by atoms with Crippen LogP contribution in [0.15, 0.2) is 52.7 Å². The lowest BCUT2D eigenvalue weighted by Crippen LogP contribution is -2.37. The number of hydrogen-bond donors (Lipinski definition) is 1. The Balaban J connectivity index is 1.41. The van der Waals surface area contributed by atoms with Crippen molar-refractivity contribution < 1.29 is 13.2 Å². The number of hydrogen-bond acceptors (Lipinski definition) is 6. The highest BCUT2D eigenvalue weighted by Gasteiger charge is 2.31. The lowest BCUT2D eigenvalue weighted by atomic mass is 9.99. The van der Waals surface area contributed by atoms with Gasteiger partial charge < -0.3 is 10.2 Å². The molecule has 36 heavy (non-hydrogen) atoms. The highest BCUT2D eigenvalue weighted by Crippen LogP contribution is 2.35. The zero-order valence-electron chi connectivity index (χ0n) is 20.7. The van der Waals surface area contributed by atoms with Crippen molar-refractivity contribution in [3.63, 3.8) is 0 Å². The average Bonchev–Trinajstić information content (AvgIpc) is 3.37. The summed E-state index contributed by atoms with van der Waals surface area (Å²) in [5.74, 6) is -0.0348. The molecule has 1 N–H and O–H groups in total. The molecule has 0 saturated carbocycles. The molecule has 1 aliphatic heterocycles. The maximum Gasteiger partial charge on any atom is 0.243 e. The molecule has 3 aromatic rings. The van der Waals surface area contributed by atoms with Crippen LogP contribution in [-0.2, 0) is 14.8 Å². The zero-order valence-corrected chi connectivity index (χ0v) is 23.1. The van der Waals surface area contributed by atoms with Crippen molar-refractivity contribution in [2.75, 3.05) is 36.4 Å². The molecule has 0 radical (unpaired) electrons. The summed E-state index contributed by atoms with van der Waals surface area (Å²) in [5, 5.41) is 5.93. The monoisotopic (exact) mass is 546 g/mol. The number of carbonyl (C=O) groups is 1. The van der Waals surface area contributed by atoms with Crippen LogP contribution in [0.5, 0.6) is 0 Å². The first-order valence-corrected chi connectivity index (χ1v) is 14.8. The van der Waals surface area contributed by atoms with Gasteiger partial charge in [-0.25, -0.2) is 13.4 Å². The van der Waals surface area contributed by atoms with E-state index in [1.54, 1.807) is 11.3 Å². The summed E-state index contributed by atoms with van der Waals surface area (Å²) < 4.78 is 27.9. The Morgan fingerprint density at radius 3 is 2.39 bits per heavy atom. The van der Waals surface area contributed by atoms with Crippen molar-refractivity contribution in [1.29, 1.82) is 0 Å². The molecule has 0 unspecified atom stereocenters. The van der Waals surface area contributed by atoms with E-state index in [1.165, 1.54) is 35.1 Å². The van der Waals surface area contributed by atoms with E-state index in [-0.39, 0.29) is 21.7 Å². The quantitative estimate of drug-likeness (QED) is 0.384. The summed E-state index contributed by atoms with van der Waals surface area (Å²) in [5.41, 5.74) is 3.65. The van der Waals surface area contributed by atoms with E-state index in [2.05, 4.69) is 53.7 Å². The van der Waals surface area contributed by atoms with Crippen LogP contribution in [0.3, 0.4) is 0 Å². The molecule has 0 atom stereocenters. The Kier molecular flexibility index (Phi) is 8.34. The minimum atomic E-state index is -3.67. The van der Waals surface area contributed by atoms with E-state index >= 15 is 0 Å². The van der Waals surface area contributed by atoms with Gasteiger partial charge in [-0.15, -0.1) is 11.3 Å². The molecule has 0 spiro atoms. The number of amides is 1. The van der Waals surface area contributed by atoms with Crippen molar-refractivity contribution in [2.45, 2.75) is 44.4 Å². The molecule has 0 bridgehead atoms. The second-order valence-corrected chi connectivity index (χ2v) is 12.0. The van der Waals surface area contributed by atoms with Crippen LogP contribution in [0.2, 0.25) is 5.02 Å². The number of sulfonamides is 1. The zero-order chi connectivity index (χ0) is 25.9. The van der Waals surface area contributed by atoms with Gasteiger partial charge in [-0.3, -0.25) is 4.79 Å². The number of piperidine rings is 1. The molecule has 1 aliphatic rings. The summed E-state index contributed by atoms with van der Waals surface area (Å²) in [6.45, 7) is 8.47. The molecule has 192 valence electrons. The maximum absolute atomic E-state index is 13.2. The SMILES string of the molecule is CCN(CC)c1ccc(-c2csc(C3CCN(S(=O)(=O)c4ccc(NC(C)=O)c(Cl)c4)CC3)n2)cc1. The van der Waals surface area contributed by atoms with Gasteiger partial charge in [-0.05, 0) is 57.0 Å². The standard InChI is InChI=1S/C26H31ClN4O3S2/c1-4-30(5-2)21-8-6-19(7-9-21)25-17-35-26(29-25)20-12-14-31(15-13-20)36(33,34)22-10-11-24(23(27)16-22)28-18(3)32/h6-11,16-17,20H,4-5,12-15H2,1-3H3,(H,28,32). The van der Waals surface area contributed by atoms with Gasteiger partial charge in [0.2, 0.25) is 15.9 Å². The molecule has 1 amide bonds. The number of nitrogens with one attached hydrogen (secondary N) is 1. The second-order valence-electron chi connectivity index (χ2n) is 8.79. The average molecular weight is 547 g/mol. The Hall–Kier alpha value is -2.46. The Labute approximate surface area is 222 Å². The fourth-order valence-corrected chi connectivity index (χ4v) is 7.27. The minimum Gasteiger partial charge on any atom is -0.372 e. The summed E-state index contributed by atoms with van der Waals surface area (Å²) in [7, 11) is -3.67. The van der Waals surface area contributed by atoms with E-state index in [9.17, 15) is 13.2 Å². The second kappa shape index (κ2) is 11.3. The third-order valence-corrected chi connectivity index (χ3v) is 9.72. The van der Waals surface area contributed by atoms with Crippen LogP contribution in [0.25, 0.3) is 11.3 Å². The summed E-state index contributed by atoms with van der Waals surface area (Å²) in [6, 6.07) is 12.9. The molecule has 2 heterocycles. The van der Waals surface area contributed by atoms with Crippen molar-refractivity contribution >= 4 is 50.2 Å². The number of carbonyl (C=O) groups excluding carboxylic acids is 1. The molecule has 7 nitrogen and oxygen atoms in total. The van der Waals surface area contributed by atoms with Crippen LogP contribution in [0.1, 0.15) is 44.5 Å². The fourth-order valence-electron chi connectivity index (χ4n) is 4.48. The highest BCUT2D eigenvalue weighted by atomic mass is 35.5. The van der Waals surface area contributed by atoms with Gasteiger partial charge in [0.05, 0.1) is 26.3 Å². The van der Waals surface area contributed by atoms with Crippen LogP contribution in [0, 0.1) is 0 Å². The van der Waals surface area contributed by atoms with E-state index in [1.807, 2.05) is 0 Å². The number of thiazole rings is 1. The molecule has 4 rings (SSSR count). The van der Waals surface area contributed by atoms with Crippen LogP contribution in [-0.4, -0.2) is 49.8 Å². The molecule has 1 saturated heterocycles. The van der Waals surface area contributed by atoms with Gasteiger partial charge >= 0.3 is 0 Å². The lowest BCUT2D eigenvalue weighted by molar-refractivity contribution is -0.114. The number of halogens is 1. The number of nitrogens with zero attached hydrogens (tertiary/aromatic N) is 3. The predicted octanol–water partition coefficient (Wildman–Crippen LogP) is 5.84. The molecular weight excluding hydrogens is 516 g/mol. The van der Waals surface area contributed by atoms with Gasteiger partial charge in [-0.1, -0.05) is 23.7 Å². The predicted molar refractivity (Wildman–Crippen MR) is 148 cm³/mol. The third-order valence-electron chi connectivity index (χ3n) is 6.51. The van der Waals surface area contributed by atoms with Gasteiger partial charge in [0.15, 0.2) is 0 Å². The van der Waals surface area contributed by atoms with Crippen LogP contribution in [0.4, 0.5) is 11.4 Å². The Morgan fingerprint density at radius 1 is 1.14 bits per heavy atom. The van der Waals surface area contributed by atoms with E-state index in [0.717, 1.165) is 29.4 Å². The molecular formula is C26H31ClN4O3S2. The summed E-state index contributed by atoms with van der Waals surface area (Å²) in [6.07, 6.45) is 1.43. The number of benzene rings is 2. The Morgan fingerprint density at radius 2 is 1.81 bits per heavy atom. The first-order valence-electron chi connectivity index (χ1n) is 12.1. The smallest absolute Gasteiger partial charge is 0.243 e. The van der Waals surface area contributed by atoms with E-state index in [4.69, 9.17) is 16.6 Å². The topological polar surface area (TPSA) is 82.6 Å². The van der Waals surface area contributed by atoms with Crippen molar-refractivity contribution in [1.82, 2.24) is 9.29 Å². The third kappa shape index (κ3) is 5.75. The lowest BCUT2D eigenvalue weighted by Gasteiger charge is -2.30. The maximum atomic E-state index is 13.2. The van der Waals surface area contributed by atoms with Gasteiger partial charge in [0.25, 0.3) is 0 Å². The van der Waals surface area contributed by atoms with Gasteiger partial charge in [0, 0.05) is 55.7 Å². The first kappa shape index (κ1) is 26.6. The molecule has 1 aromatic heterocycles. The first-order chi connectivity index (χ1) is 17.2.